The van der Waals surface area contributed by atoms with Crippen LogP contribution in [0, 0.1) is 13.8 Å². The second kappa shape index (κ2) is 10.5. The Morgan fingerprint density at radius 3 is 2.04 bits per heavy atom. The molecule has 0 amide bonds. The van der Waals surface area contributed by atoms with Crippen LogP contribution in [0.2, 0.25) is 0 Å². The van der Waals surface area contributed by atoms with Crippen LogP contribution in [-0.2, 0) is 21.7 Å². The zero-order valence-corrected chi connectivity index (χ0v) is 34.2. The van der Waals surface area contributed by atoms with E-state index in [2.05, 4.69) is 171 Å². The minimum atomic E-state index is -0.0727. The number of nitrogens with zero attached hydrogens (tertiary/aromatic N) is 2. The molecular formula is C49H51BN2S. The van der Waals surface area contributed by atoms with Gasteiger partial charge in [0, 0.05) is 43.0 Å². The molecule has 0 radical (unpaired) electrons. The summed E-state index contributed by atoms with van der Waals surface area (Å²) in [6.45, 7) is 26.4. The summed E-state index contributed by atoms with van der Waals surface area (Å²) in [5, 5.41) is 1.34. The van der Waals surface area contributed by atoms with E-state index in [1.807, 2.05) is 11.3 Å². The maximum Gasteiger partial charge on any atom is 0.264 e. The molecule has 1 aromatic heterocycles. The van der Waals surface area contributed by atoms with Crippen molar-refractivity contribution in [2.75, 3.05) is 9.80 Å². The molecule has 4 aliphatic rings. The van der Waals surface area contributed by atoms with Gasteiger partial charge < -0.3 is 9.80 Å². The van der Waals surface area contributed by atoms with Crippen molar-refractivity contribution in [2.24, 2.45) is 0 Å². The van der Waals surface area contributed by atoms with E-state index in [-0.39, 0.29) is 28.4 Å². The molecule has 10 rings (SSSR count). The Morgan fingerprint density at radius 2 is 1.34 bits per heavy atom. The normalized spacial score (nSPS) is 19.2. The van der Waals surface area contributed by atoms with Gasteiger partial charge in [0.1, 0.15) is 0 Å². The number of anilines is 6. The van der Waals surface area contributed by atoms with Crippen LogP contribution in [0.3, 0.4) is 0 Å². The van der Waals surface area contributed by atoms with Gasteiger partial charge >= 0.3 is 0 Å². The van der Waals surface area contributed by atoms with E-state index in [4.69, 9.17) is 0 Å². The molecule has 2 nitrogen and oxygen atoms in total. The Morgan fingerprint density at radius 1 is 0.660 bits per heavy atom. The molecule has 0 N–H and O–H groups in total. The van der Waals surface area contributed by atoms with E-state index in [9.17, 15) is 0 Å². The molecule has 0 saturated carbocycles. The molecule has 266 valence electrons. The fraction of sp³-hybridized carbons (Fsp3) is 0.347. The summed E-state index contributed by atoms with van der Waals surface area (Å²) in [4.78, 5) is 5.36. The lowest BCUT2D eigenvalue weighted by atomic mass is 9.35. The highest BCUT2D eigenvalue weighted by atomic mass is 32.1. The van der Waals surface area contributed by atoms with Gasteiger partial charge in [0.15, 0.2) is 0 Å². The molecule has 6 aromatic rings. The predicted molar refractivity (Wildman–Crippen MR) is 231 cm³/mol. The number of hydrogen-bond donors (Lipinski definition) is 0. The van der Waals surface area contributed by atoms with Gasteiger partial charge in [0.2, 0.25) is 0 Å². The third-order valence-corrected chi connectivity index (χ3v) is 14.6. The van der Waals surface area contributed by atoms with Gasteiger partial charge in [-0.05, 0) is 123 Å². The van der Waals surface area contributed by atoms with E-state index >= 15 is 0 Å². The molecule has 53 heavy (non-hydrogen) atoms. The fourth-order valence-corrected chi connectivity index (χ4v) is 11.7. The standard InChI is InChI=1S/C49H51BN2S/c1-28-24-37-41-38(25-28)52-42-29(2)26-31(47(6,7)8)27-35(42)49(11)23-22-48(9,10)34-20-21-36(44(52)40(34)49)50(41)45-43(33-14-12-13-15-39(33)53-45)51(37)32-18-16-30(17-19-32)46(3,4)5/h12-21,24-27H,22-23H2,1-11H3. The van der Waals surface area contributed by atoms with Gasteiger partial charge in [0.25, 0.3) is 6.71 Å². The Balaban J connectivity index is 1.35. The molecule has 0 bridgehead atoms. The second-order valence-corrected chi connectivity index (χ2v) is 20.6. The molecular weight excluding hydrogens is 659 g/mol. The summed E-state index contributed by atoms with van der Waals surface area (Å²) in [7, 11) is 0. The van der Waals surface area contributed by atoms with Gasteiger partial charge in [-0.25, -0.2) is 0 Å². The van der Waals surface area contributed by atoms with Crippen molar-refractivity contribution in [1.82, 2.24) is 0 Å². The third-order valence-electron chi connectivity index (χ3n) is 13.4. The quantitative estimate of drug-likeness (QED) is 0.157. The van der Waals surface area contributed by atoms with Crippen LogP contribution < -0.4 is 25.5 Å². The average molecular weight is 711 g/mol. The molecule has 1 aliphatic carbocycles. The van der Waals surface area contributed by atoms with Gasteiger partial charge in [-0.1, -0.05) is 117 Å². The summed E-state index contributed by atoms with van der Waals surface area (Å²) < 4.78 is 2.82. The van der Waals surface area contributed by atoms with Gasteiger partial charge in [0.05, 0.1) is 11.4 Å². The summed E-state index contributed by atoms with van der Waals surface area (Å²) in [6, 6.07) is 33.7. The zero-order chi connectivity index (χ0) is 37.1. The number of rotatable bonds is 1. The van der Waals surface area contributed by atoms with Crippen LogP contribution in [0.25, 0.3) is 10.1 Å². The van der Waals surface area contributed by atoms with Gasteiger partial charge in [-0.15, -0.1) is 11.3 Å². The lowest BCUT2D eigenvalue weighted by Crippen LogP contribution is -2.62. The molecule has 5 aromatic carbocycles. The number of thiophene rings is 1. The summed E-state index contributed by atoms with van der Waals surface area (Å²) in [6.07, 6.45) is 2.33. The predicted octanol–water partition coefficient (Wildman–Crippen LogP) is 11.9. The van der Waals surface area contributed by atoms with E-state index in [0.29, 0.717) is 0 Å². The Bertz CT molecular complexity index is 2560. The van der Waals surface area contributed by atoms with Crippen molar-refractivity contribution in [2.45, 2.75) is 111 Å². The molecule has 1 atom stereocenters. The Labute approximate surface area is 321 Å². The maximum atomic E-state index is 2.75. The lowest BCUT2D eigenvalue weighted by Gasteiger charge is -2.54. The fourth-order valence-electron chi connectivity index (χ4n) is 10.4. The SMILES string of the molecule is Cc1cc2c3c(c1)N(c1ccc(C(C)(C)C)cc1)c1c(sc4ccccc14)B3c1ccc3c4c1N2c1c(C)cc(C(C)(C)C)cc1C4(C)CCC3(C)C. The summed E-state index contributed by atoms with van der Waals surface area (Å²) in [5.74, 6) is 0. The van der Waals surface area contributed by atoms with Crippen molar-refractivity contribution in [1.29, 1.82) is 0 Å². The van der Waals surface area contributed by atoms with Crippen molar-refractivity contribution >= 4 is 78.0 Å². The topological polar surface area (TPSA) is 6.48 Å². The molecule has 1 unspecified atom stereocenters. The van der Waals surface area contributed by atoms with E-state index in [0.717, 1.165) is 6.42 Å². The summed E-state index contributed by atoms with van der Waals surface area (Å²) in [5.41, 5.74) is 21.3. The van der Waals surface area contributed by atoms with Crippen LogP contribution in [0.1, 0.15) is 114 Å². The van der Waals surface area contributed by atoms with Crippen LogP contribution >= 0.6 is 11.3 Å². The Kier molecular flexibility index (Phi) is 6.58. The van der Waals surface area contributed by atoms with Crippen LogP contribution in [0.5, 0.6) is 0 Å². The van der Waals surface area contributed by atoms with Gasteiger partial charge in [-0.2, -0.15) is 0 Å². The molecule has 0 fully saturated rings. The largest absolute Gasteiger partial charge is 0.311 e. The van der Waals surface area contributed by atoms with Crippen LogP contribution in [0.15, 0.2) is 84.9 Å². The minimum Gasteiger partial charge on any atom is -0.311 e. The van der Waals surface area contributed by atoms with Crippen molar-refractivity contribution in [3.63, 3.8) is 0 Å². The molecule has 4 heterocycles. The first-order chi connectivity index (χ1) is 25.0. The highest BCUT2D eigenvalue weighted by Gasteiger charge is 2.54. The highest BCUT2D eigenvalue weighted by Crippen LogP contribution is 2.62. The first-order valence-electron chi connectivity index (χ1n) is 19.7. The molecule has 3 aliphatic heterocycles. The Hall–Kier alpha value is -4.28. The van der Waals surface area contributed by atoms with Crippen molar-refractivity contribution in [3.8, 4) is 0 Å². The van der Waals surface area contributed by atoms with Gasteiger partial charge in [-0.3, -0.25) is 0 Å². The zero-order valence-electron chi connectivity index (χ0n) is 33.4. The van der Waals surface area contributed by atoms with E-state index in [1.165, 1.54) is 99.7 Å². The minimum absolute atomic E-state index is 0.0607. The number of fused-ring (bicyclic) bond motifs is 9. The molecule has 0 spiro atoms. The van der Waals surface area contributed by atoms with Crippen molar-refractivity contribution < 1.29 is 0 Å². The third kappa shape index (κ3) is 4.39. The van der Waals surface area contributed by atoms with Crippen molar-refractivity contribution in [3.05, 3.63) is 124 Å². The first kappa shape index (κ1) is 33.3. The number of hydrogen-bond acceptors (Lipinski definition) is 3. The maximum absolute atomic E-state index is 2.75. The number of aryl methyl sites for hydroxylation is 2. The van der Waals surface area contributed by atoms with E-state index < -0.39 is 0 Å². The first-order valence-corrected chi connectivity index (χ1v) is 20.5. The lowest BCUT2D eigenvalue weighted by molar-refractivity contribution is 0.348. The van der Waals surface area contributed by atoms with Crippen LogP contribution in [-0.4, -0.2) is 6.71 Å². The van der Waals surface area contributed by atoms with Crippen LogP contribution in [0.4, 0.5) is 34.1 Å². The highest BCUT2D eigenvalue weighted by molar-refractivity contribution is 7.33. The molecule has 4 heteroatoms. The monoisotopic (exact) mass is 710 g/mol. The smallest absolute Gasteiger partial charge is 0.264 e. The van der Waals surface area contributed by atoms with E-state index in [1.54, 1.807) is 5.56 Å². The summed E-state index contributed by atoms with van der Waals surface area (Å²) >= 11 is 2.00. The molecule has 0 saturated heterocycles. The second-order valence-electron chi connectivity index (χ2n) is 19.5. The average Bonchev–Trinajstić information content (AvgIpc) is 3.48. The number of benzene rings is 5.